The zero-order valence-corrected chi connectivity index (χ0v) is 12.7. The molecule has 2 aromatic heterocycles. The number of carbonyl (C=O) groups is 1. The van der Waals surface area contributed by atoms with E-state index in [2.05, 4.69) is 10.2 Å². The van der Waals surface area contributed by atoms with Crippen molar-refractivity contribution in [3.63, 3.8) is 0 Å². The molecule has 1 atom stereocenters. The first kappa shape index (κ1) is 14.6. The van der Waals surface area contributed by atoms with Crippen LogP contribution in [0.25, 0.3) is 0 Å². The molecule has 0 aromatic carbocycles. The Morgan fingerprint density at radius 3 is 2.91 bits per heavy atom. The van der Waals surface area contributed by atoms with Gasteiger partial charge in [-0.25, -0.2) is 4.79 Å². The summed E-state index contributed by atoms with van der Waals surface area (Å²) in [6, 6.07) is -0.601. The smallest absolute Gasteiger partial charge is 0.392 e. The van der Waals surface area contributed by atoms with Crippen molar-refractivity contribution in [1.29, 1.82) is 0 Å². The summed E-state index contributed by atoms with van der Waals surface area (Å²) in [6.45, 7) is 2.60. The highest BCUT2D eigenvalue weighted by molar-refractivity contribution is 5.96. The third kappa shape index (κ3) is 2.56. The van der Waals surface area contributed by atoms with Crippen molar-refractivity contribution in [3.8, 4) is 0 Å². The Hall–Kier alpha value is -2.38. The monoisotopic (exact) mass is 305 g/mol. The first-order chi connectivity index (χ1) is 10.6. The molecule has 2 aromatic rings. The maximum absolute atomic E-state index is 12.7. The molecule has 0 aliphatic carbocycles. The van der Waals surface area contributed by atoms with Crippen LogP contribution in [0.15, 0.2) is 21.6 Å². The van der Waals surface area contributed by atoms with Gasteiger partial charge in [0.25, 0.3) is 5.91 Å². The highest BCUT2D eigenvalue weighted by Gasteiger charge is 2.34. The third-order valence-corrected chi connectivity index (χ3v) is 3.78. The Labute approximate surface area is 127 Å². The minimum Gasteiger partial charge on any atom is -0.392 e. The number of hydrogen-bond acceptors (Lipinski definition) is 5. The first-order valence-corrected chi connectivity index (χ1v) is 7.48. The van der Waals surface area contributed by atoms with E-state index in [1.807, 2.05) is 6.92 Å². The van der Waals surface area contributed by atoms with Gasteiger partial charge in [-0.05, 0) is 19.3 Å². The van der Waals surface area contributed by atoms with Crippen molar-refractivity contribution in [2.75, 3.05) is 11.4 Å². The fourth-order valence-electron chi connectivity index (χ4n) is 2.73. The number of aromatic nitrogens is 4. The van der Waals surface area contributed by atoms with Gasteiger partial charge in [-0.1, -0.05) is 6.92 Å². The molecule has 0 N–H and O–H groups in total. The predicted molar refractivity (Wildman–Crippen MR) is 78.6 cm³/mol. The molecule has 22 heavy (non-hydrogen) atoms. The summed E-state index contributed by atoms with van der Waals surface area (Å²) in [5, 5.41) is 8.27. The van der Waals surface area contributed by atoms with Gasteiger partial charge in [0.15, 0.2) is 0 Å². The van der Waals surface area contributed by atoms with Crippen LogP contribution in [0.5, 0.6) is 0 Å². The average molecular weight is 305 g/mol. The molecular formula is C14H19N5O3. The standard InChI is InChI=1S/C14H19N5O3/c1-3-5-12-16-19(14(21)22-12)11-6-4-7-18(13(11)20)10-8-15-17(2)9-10/h8-9,11H,3-7H2,1-2H3. The summed E-state index contributed by atoms with van der Waals surface area (Å²) in [6.07, 6.45) is 6.25. The zero-order chi connectivity index (χ0) is 15.7. The Bertz CT molecular complexity index is 729. The molecule has 0 radical (unpaired) electrons. The van der Waals surface area contributed by atoms with Gasteiger partial charge in [-0.15, -0.1) is 5.10 Å². The second-order valence-corrected chi connectivity index (χ2v) is 5.48. The minimum atomic E-state index is -0.601. The van der Waals surface area contributed by atoms with Crippen molar-refractivity contribution in [3.05, 3.63) is 28.8 Å². The highest BCUT2D eigenvalue weighted by Crippen LogP contribution is 2.26. The van der Waals surface area contributed by atoms with E-state index in [4.69, 9.17) is 4.42 Å². The lowest BCUT2D eigenvalue weighted by atomic mass is 10.0. The summed E-state index contributed by atoms with van der Waals surface area (Å²) in [5.74, 6) is -0.314. The molecule has 1 unspecified atom stereocenters. The number of piperidine rings is 1. The van der Waals surface area contributed by atoms with Crippen LogP contribution in [-0.2, 0) is 18.3 Å². The molecule has 3 heterocycles. The third-order valence-electron chi connectivity index (χ3n) is 3.78. The van der Waals surface area contributed by atoms with Crippen LogP contribution in [0, 0.1) is 0 Å². The van der Waals surface area contributed by atoms with Gasteiger partial charge in [0.05, 0.1) is 11.9 Å². The van der Waals surface area contributed by atoms with E-state index >= 15 is 0 Å². The molecule has 3 rings (SSSR count). The molecule has 1 aliphatic heterocycles. The summed E-state index contributed by atoms with van der Waals surface area (Å²) in [7, 11) is 1.80. The molecule has 118 valence electrons. The van der Waals surface area contributed by atoms with Crippen LogP contribution >= 0.6 is 0 Å². The number of nitrogens with zero attached hydrogens (tertiary/aromatic N) is 5. The van der Waals surface area contributed by atoms with E-state index in [1.54, 1.807) is 29.0 Å². The van der Waals surface area contributed by atoms with Gasteiger partial charge in [0.1, 0.15) is 6.04 Å². The van der Waals surface area contributed by atoms with Crippen molar-refractivity contribution < 1.29 is 9.21 Å². The lowest BCUT2D eigenvalue weighted by Crippen LogP contribution is -2.44. The number of carbonyl (C=O) groups excluding carboxylic acids is 1. The topological polar surface area (TPSA) is 86.2 Å². The van der Waals surface area contributed by atoms with E-state index in [1.165, 1.54) is 4.68 Å². The van der Waals surface area contributed by atoms with Gasteiger partial charge in [-0.3, -0.25) is 9.48 Å². The molecule has 0 saturated carbocycles. The Balaban J connectivity index is 1.88. The van der Waals surface area contributed by atoms with Crippen molar-refractivity contribution in [1.82, 2.24) is 19.6 Å². The van der Waals surface area contributed by atoms with Gasteiger partial charge >= 0.3 is 5.76 Å². The van der Waals surface area contributed by atoms with Gasteiger partial charge in [0.2, 0.25) is 5.89 Å². The average Bonchev–Trinajstić information content (AvgIpc) is 3.06. The molecule has 1 aliphatic rings. The molecule has 1 fully saturated rings. The summed E-state index contributed by atoms with van der Waals surface area (Å²) < 4.78 is 7.95. The fourth-order valence-corrected chi connectivity index (χ4v) is 2.73. The first-order valence-electron chi connectivity index (χ1n) is 7.48. The second kappa shape index (κ2) is 5.78. The van der Waals surface area contributed by atoms with Gasteiger partial charge < -0.3 is 9.32 Å². The summed E-state index contributed by atoms with van der Waals surface area (Å²) in [4.78, 5) is 26.3. The van der Waals surface area contributed by atoms with Crippen molar-refractivity contribution in [2.24, 2.45) is 7.05 Å². The number of anilines is 1. The normalized spacial score (nSPS) is 18.9. The maximum Gasteiger partial charge on any atom is 0.437 e. The quantitative estimate of drug-likeness (QED) is 0.837. The van der Waals surface area contributed by atoms with Crippen LogP contribution in [0.3, 0.4) is 0 Å². The zero-order valence-electron chi connectivity index (χ0n) is 12.7. The van der Waals surface area contributed by atoms with E-state index in [0.29, 0.717) is 25.3 Å². The SMILES string of the molecule is CCCc1nn(C2CCCN(c3cnn(C)c3)C2=O)c(=O)o1. The fraction of sp³-hybridized carbons (Fsp3) is 0.571. The molecule has 8 nitrogen and oxygen atoms in total. The van der Waals surface area contributed by atoms with Crippen molar-refractivity contribution >= 4 is 11.6 Å². The van der Waals surface area contributed by atoms with Crippen LogP contribution < -0.4 is 10.7 Å². The van der Waals surface area contributed by atoms with E-state index < -0.39 is 11.8 Å². The molecule has 0 bridgehead atoms. The minimum absolute atomic E-state index is 0.141. The number of amides is 1. The number of rotatable bonds is 4. The molecular weight excluding hydrogens is 286 g/mol. The van der Waals surface area contributed by atoms with Crippen molar-refractivity contribution in [2.45, 2.75) is 38.6 Å². The summed E-state index contributed by atoms with van der Waals surface area (Å²) in [5.41, 5.74) is 0.738. The highest BCUT2D eigenvalue weighted by atomic mass is 16.4. The molecule has 0 spiro atoms. The van der Waals surface area contributed by atoms with E-state index in [0.717, 1.165) is 18.5 Å². The van der Waals surface area contributed by atoms with E-state index in [9.17, 15) is 9.59 Å². The Kier molecular flexibility index (Phi) is 3.82. The van der Waals surface area contributed by atoms with Crippen LogP contribution in [0.4, 0.5) is 5.69 Å². The van der Waals surface area contributed by atoms with Crippen LogP contribution in [0.1, 0.15) is 38.1 Å². The molecule has 1 saturated heterocycles. The molecule has 8 heteroatoms. The second-order valence-electron chi connectivity index (χ2n) is 5.48. The van der Waals surface area contributed by atoms with Gasteiger partial charge in [0, 0.05) is 26.2 Å². The van der Waals surface area contributed by atoms with Gasteiger partial charge in [-0.2, -0.15) is 9.78 Å². The van der Waals surface area contributed by atoms with Crippen LogP contribution in [-0.4, -0.2) is 32.0 Å². The number of aryl methyl sites for hydroxylation is 2. The maximum atomic E-state index is 12.7. The Morgan fingerprint density at radius 1 is 1.41 bits per heavy atom. The Morgan fingerprint density at radius 2 is 2.23 bits per heavy atom. The lowest BCUT2D eigenvalue weighted by Gasteiger charge is -2.30. The van der Waals surface area contributed by atoms with Crippen LogP contribution in [0.2, 0.25) is 0 Å². The molecule has 1 amide bonds. The largest absolute Gasteiger partial charge is 0.437 e. The predicted octanol–water partition coefficient (Wildman–Crippen LogP) is 0.890. The lowest BCUT2D eigenvalue weighted by molar-refractivity contribution is -0.123. The van der Waals surface area contributed by atoms with E-state index in [-0.39, 0.29) is 5.91 Å². The number of hydrogen-bond donors (Lipinski definition) is 0. The summed E-state index contributed by atoms with van der Waals surface area (Å²) >= 11 is 0.